The summed E-state index contributed by atoms with van der Waals surface area (Å²) in [5.74, 6) is 0. The Kier molecular flexibility index (Phi) is 5.01. The second kappa shape index (κ2) is 7.36. The largest absolute Gasteiger partial charge is 0.265 e. The fourth-order valence-corrected chi connectivity index (χ4v) is 3.26. The normalized spacial score (nSPS) is 12.6. The maximum absolute atomic E-state index is 4.83. The highest BCUT2D eigenvalue weighted by atomic mass is 32.1. The molecule has 0 N–H and O–H groups in total. The molecule has 0 atom stereocenters. The summed E-state index contributed by atoms with van der Waals surface area (Å²) in [7, 11) is 0. The van der Waals surface area contributed by atoms with E-state index in [0.717, 1.165) is 33.9 Å². The molecule has 24 heavy (non-hydrogen) atoms. The van der Waals surface area contributed by atoms with Gasteiger partial charge in [0, 0.05) is 35.4 Å². The average molecular weight is 336 g/mol. The van der Waals surface area contributed by atoms with E-state index in [1.54, 1.807) is 23.7 Å². The van der Waals surface area contributed by atoms with Gasteiger partial charge >= 0.3 is 0 Å². The molecule has 0 bridgehead atoms. The average Bonchev–Trinajstić information content (AvgIpc) is 2.99. The lowest BCUT2D eigenvalue weighted by molar-refractivity contribution is 0.827. The molecule has 3 rings (SSSR count). The Bertz CT molecular complexity index is 903. The monoisotopic (exact) mass is 336 g/mol. The Morgan fingerprint density at radius 2 is 1.83 bits per heavy atom. The van der Waals surface area contributed by atoms with Crippen molar-refractivity contribution in [1.29, 1.82) is 0 Å². The standard InChI is InChI=1S/C19H20N4S/c1-4-21-19-23(22-15(3)16-9-11-20-12-10-16)18(13-24-19)17-7-5-14(2)6-8-17/h5-13H,4H2,1-3H3. The molecule has 122 valence electrons. The summed E-state index contributed by atoms with van der Waals surface area (Å²) in [6.45, 7) is 6.87. The Morgan fingerprint density at radius 3 is 2.50 bits per heavy atom. The molecule has 0 unspecified atom stereocenters. The molecule has 0 saturated carbocycles. The van der Waals surface area contributed by atoms with E-state index in [-0.39, 0.29) is 0 Å². The molecule has 3 aromatic rings. The molecule has 0 fully saturated rings. The molecular formula is C19H20N4S. The first-order valence-corrected chi connectivity index (χ1v) is 8.81. The van der Waals surface area contributed by atoms with E-state index in [4.69, 9.17) is 5.10 Å². The van der Waals surface area contributed by atoms with Gasteiger partial charge in [0.2, 0.25) is 4.80 Å². The molecule has 0 aliphatic heterocycles. The number of hydrogen-bond acceptors (Lipinski definition) is 4. The maximum Gasteiger partial charge on any atom is 0.206 e. The number of hydrogen-bond donors (Lipinski definition) is 0. The maximum atomic E-state index is 4.83. The minimum Gasteiger partial charge on any atom is -0.265 e. The zero-order chi connectivity index (χ0) is 16.9. The molecule has 0 aliphatic carbocycles. The predicted molar refractivity (Wildman–Crippen MR) is 100 cm³/mol. The van der Waals surface area contributed by atoms with Crippen LogP contribution in [-0.4, -0.2) is 21.9 Å². The minimum absolute atomic E-state index is 0.734. The SMILES string of the molecule is CCN=c1scc(-c2ccc(C)cc2)n1N=C(C)c1ccncc1. The lowest BCUT2D eigenvalue weighted by Crippen LogP contribution is -2.14. The Morgan fingerprint density at radius 1 is 1.12 bits per heavy atom. The number of aromatic nitrogens is 2. The Hall–Kier alpha value is -2.53. The van der Waals surface area contributed by atoms with Crippen LogP contribution >= 0.6 is 11.3 Å². The van der Waals surface area contributed by atoms with Crippen LogP contribution < -0.4 is 4.80 Å². The molecule has 0 amide bonds. The number of aryl methyl sites for hydroxylation is 1. The minimum atomic E-state index is 0.734. The van der Waals surface area contributed by atoms with Gasteiger partial charge in [0.05, 0.1) is 11.4 Å². The summed E-state index contributed by atoms with van der Waals surface area (Å²) < 4.78 is 1.94. The van der Waals surface area contributed by atoms with Gasteiger partial charge in [-0.25, -0.2) is 4.68 Å². The Balaban J connectivity index is 2.13. The second-order valence-electron chi connectivity index (χ2n) is 5.48. The van der Waals surface area contributed by atoms with Crippen LogP contribution in [0, 0.1) is 6.92 Å². The zero-order valence-corrected chi connectivity index (χ0v) is 14.9. The van der Waals surface area contributed by atoms with Crippen molar-refractivity contribution >= 4 is 17.0 Å². The first kappa shape index (κ1) is 16.3. The van der Waals surface area contributed by atoms with Crippen molar-refractivity contribution < 1.29 is 0 Å². The third-order valence-electron chi connectivity index (χ3n) is 3.67. The van der Waals surface area contributed by atoms with Crippen LogP contribution in [0.1, 0.15) is 25.0 Å². The van der Waals surface area contributed by atoms with Gasteiger partial charge in [-0.2, -0.15) is 5.10 Å². The second-order valence-corrected chi connectivity index (χ2v) is 6.31. The summed E-state index contributed by atoms with van der Waals surface area (Å²) in [6.07, 6.45) is 3.57. The quantitative estimate of drug-likeness (QED) is 0.661. The van der Waals surface area contributed by atoms with E-state index in [1.807, 2.05) is 30.7 Å². The lowest BCUT2D eigenvalue weighted by atomic mass is 10.1. The molecule has 2 heterocycles. The summed E-state index contributed by atoms with van der Waals surface area (Å²) >= 11 is 1.61. The van der Waals surface area contributed by atoms with Crippen molar-refractivity contribution in [2.75, 3.05) is 6.54 Å². The van der Waals surface area contributed by atoms with E-state index in [0.29, 0.717) is 0 Å². The fraction of sp³-hybridized carbons (Fsp3) is 0.211. The first-order valence-electron chi connectivity index (χ1n) is 7.93. The fourth-order valence-electron chi connectivity index (χ4n) is 2.36. The topological polar surface area (TPSA) is 42.5 Å². The van der Waals surface area contributed by atoms with Crippen molar-refractivity contribution in [3.63, 3.8) is 0 Å². The molecule has 5 heteroatoms. The number of nitrogens with zero attached hydrogens (tertiary/aromatic N) is 4. The van der Waals surface area contributed by atoms with Gasteiger partial charge in [0.1, 0.15) is 0 Å². The highest BCUT2D eigenvalue weighted by molar-refractivity contribution is 7.07. The lowest BCUT2D eigenvalue weighted by Gasteiger charge is -2.06. The van der Waals surface area contributed by atoms with E-state index in [1.165, 1.54) is 5.56 Å². The van der Waals surface area contributed by atoms with Crippen molar-refractivity contribution in [3.8, 4) is 11.3 Å². The Labute approximate surface area is 145 Å². The molecule has 4 nitrogen and oxygen atoms in total. The van der Waals surface area contributed by atoms with Gasteiger partial charge in [0.25, 0.3) is 0 Å². The van der Waals surface area contributed by atoms with Gasteiger partial charge in [-0.15, -0.1) is 11.3 Å². The van der Waals surface area contributed by atoms with Gasteiger partial charge < -0.3 is 0 Å². The summed E-state index contributed by atoms with van der Waals surface area (Å²) in [6, 6.07) is 12.4. The number of thiazole rings is 1. The molecule has 1 aromatic carbocycles. The predicted octanol–water partition coefficient (Wildman–Crippen LogP) is 4.11. The highest BCUT2D eigenvalue weighted by Crippen LogP contribution is 2.21. The van der Waals surface area contributed by atoms with Crippen LogP contribution in [0.15, 0.2) is 64.3 Å². The van der Waals surface area contributed by atoms with Crippen molar-refractivity contribution in [1.82, 2.24) is 9.66 Å². The number of rotatable bonds is 4. The van der Waals surface area contributed by atoms with Crippen LogP contribution in [0.4, 0.5) is 0 Å². The van der Waals surface area contributed by atoms with Crippen LogP contribution in [0.5, 0.6) is 0 Å². The van der Waals surface area contributed by atoms with Gasteiger partial charge in [-0.1, -0.05) is 29.8 Å². The third-order valence-corrected chi connectivity index (χ3v) is 4.53. The van der Waals surface area contributed by atoms with Gasteiger partial charge in [-0.05, 0) is 32.9 Å². The number of benzene rings is 1. The van der Waals surface area contributed by atoms with Crippen LogP contribution in [0.2, 0.25) is 0 Å². The molecule has 0 spiro atoms. The van der Waals surface area contributed by atoms with E-state index in [2.05, 4.69) is 46.5 Å². The molecule has 2 aromatic heterocycles. The molecule has 0 radical (unpaired) electrons. The van der Waals surface area contributed by atoms with E-state index >= 15 is 0 Å². The van der Waals surface area contributed by atoms with Crippen LogP contribution in [0.25, 0.3) is 11.3 Å². The molecular weight excluding hydrogens is 316 g/mol. The van der Waals surface area contributed by atoms with Crippen molar-refractivity contribution in [3.05, 3.63) is 70.1 Å². The van der Waals surface area contributed by atoms with Crippen LogP contribution in [0.3, 0.4) is 0 Å². The smallest absolute Gasteiger partial charge is 0.206 e. The van der Waals surface area contributed by atoms with Crippen LogP contribution in [-0.2, 0) is 0 Å². The van der Waals surface area contributed by atoms with E-state index < -0.39 is 0 Å². The summed E-state index contributed by atoms with van der Waals surface area (Å²) in [5, 5.41) is 6.94. The first-order chi connectivity index (χ1) is 11.7. The summed E-state index contributed by atoms with van der Waals surface area (Å²) in [5.41, 5.74) is 5.43. The third kappa shape index (κ3) is 3.51. The van der Waals surface area contributed by atoms with Gasteiger partial charge in [0.15, 0.2) is 0 Å². The summed E-state index contributed by atoms with van der Waals surface area (Å²) in [4.78, 5) is 9.55. The van der Waals surface area contributed by atoms with Crippen molar-refractivity contribution in [2.24, 2.45) is 10.1 Å². The van der Waals surface area contributed by atoms with Crippen molar-refractivity contribution in [2.45, 2.75) is 20.8 Å². The zero-order valence-electron chi connectivity index (χ0n) is 14.1. The molecule has 0 saturated heterocycles. The molecule has 0 aliphatic rings. The van der Waals surface area contributed by atoms with E-state index in [9.17, 15) is 0 Å². The highest BCUT2D eigenvalue weighted by Gasteiger charge is 2.08. The number of pyridine rings is 1. The van der Waals surface area contributed by atoms with Gasteiger partial charge in [-0.3, -0.25) is 9.98 Å².